The summed E-state index contributed by atoms with van der Waals surface area (Å²) >= 11 is 0. The molecule has 1 aromatic rings. The molecular weight excluding hydrogens is 244 g/mol. The molecule has 0 spiro atoms. The number of aromatic nitrogens is 2. The molecule has 19 heavy (non-hydrogen) atoms. The van der Waals surface area contributed by atoms with Crippen LogP contribution in [0.1, 0.15) is 31.0 Å². The monoisotopic (exact) mass is 266 g/mol. The number of carbonyl (C=O) groups excluding carboxylic acids is 1. The van der Waals surface area contributed by atoms with E-state index in [1.807, 2.05) is 17.7 Å². The molecule has 1 saturated heterocycles. The van der Waals surface area contributed by atoms with Gasteiger partial charge in [-0.25, -0.2) is 4.98 Å². The van der Waals surface area contributed by atoms with Crippen molar-refractivity contribution in [2.24, 2.45) is 0 Å². The van der Waals surface area contributed by atoms with Crippen LogP contribution >= 0.6 is 0 Å². The average Bonchev–Trinajstić information content (AvgIpc) is 3.08. The molecule has 0 bridgehead atoms. The molecule has 1 amide bonds. The van der Waals surface area contributed by atoms with E-state index in [1.165, 1.54) is 0 Å². The first-order valence-corrected chi connectivity index (χ1v) is 6.73. The maximum atomic E-state index is 12.1. The van der Waals surface area contributed by atoms with Crippen LogP contribution in [0.25, 0.3) is 0 Å². The first-order chi connectivity index (χ1) is 9.24. The SMILES string of the molecule is COCCNC(=O)C(C)n1cncc1C1CCNC1. The highest BCUT2D eigenvalue weighted by Gasteiger charge is 2.24. The van der Waals surface area contributed by atoms with Crippen LogP contribution in [0.15, 0.2) is 12.5 Å². The molecule has 2 atom stereocenters. The van der Waals surface area contributed by atoms with E-state index in [9.17, 15) is 4.79 Å². The van der Waals surface area contributed by atoms with E-state index < -0.39 is 0 Å². The van der Waals surface area contributed by atoms with Crippen molar-refractivity contribution in [3.05, 3.63) is 18.2 Å². The third-order valence-electron chi connectivity index (χ3n) is 3.58. The molecule has 6 nitrogen and oxygen atoms in total. The third kappa shape index (κ3) is 3.33. The van der Waals surface area contributed by atoms with Gasteiger partial charge in [0.1, 0.15) is 6.04 Å². The quantitative estimate of drug-likeness (QED) is 0.726. The summed E-state index contributed by atoms with van der Waals surface area (Å²) in [6, 6.07) is -0.241. The van der Waals surface area contributed by atoms with Gasteiger partial charge in [-0.1, -0.05) is 0 Å². The molecule has 6 heteroatoms. The molecule has 1 fully saturated rings. The lowest BCUT2D eigenvalue weighted by Gasteiger charge is -2.19. The highest BCUT2D eigenvalue weighted by Crippen LogP contribution is 2.24. The van der Waals surface area contributed by atoms with Crippen LogP contribution in [0.4, 0.5) is 0 Å². The Balaban J connectivity index is 2.00. The number of methoxy groups -OCH3 is 1. The van der Waals surface area contributed by atoms with Gasteiger partial charge in [0.05, 0.1) is 12.9 Å². The van der Waals surface area contributed by atoms with Crippen LogP contribution < -0.4 is 10.6 Å². The van der Waals surface area contributed by atoms with Crippen LogP contribution in [0.3, 0.4) is 0 Å². The molecule has 0 aromatic carbocycles. The van der Waals surface area contributed by atoms with E-state index in [2.05, 4.69) is 15.6 Å². The summed E-state index contributed by atoms with van der Waals surface area (Å²) in [7, 11) is 1.62. The Morgan fingerprint density at radius 2 is 2.58 bits per heavy atom. The molecule has 2 N–H and O–H groups in total. The van der Waals surface area contributed by atoms with E-state index in [1.54, 1.807) is 13.4 Å². The highest BCUT2D eigenvalue weighted by atomic mass is 16.5. The minimum Gasteiger partial charge on any atom is -0.383 e. The third-order valence-corrected chi connectivity index (χ3v) is 3.58. The lowest BCUT2D eigenvalue weighted by molar-refractivity contribution is -0.124. The van der Waals surface area contributed by atoms with Gasteiger partial charge in [0.2, 0.25) is 5.91 Å². The molecule has 0 saturated carbocycles. The van der Waals surface area contributed by atoms with Gasteiger partial charge in [0.25, 0.3) is 0 Å². The van der Waals surface area contributed by atoms with Gasteiger partial charge >= 0.3 is 0 Å². The molecule has 2 unspecified atom stereocenters. The summed E-state index contributed by atoms with van der Waals surface area (Å²) in [6.45, 7) is 4.96. The van der Waals surface area contributed by atoms with Crippen LogP contribution in [0.2, 0.25) is 0 Å². The highest BCUT2D eigenvalue weighted by molar-refractivity contribution is 5.79. The molecule has 0 radical (unpaired) electrons. The number of ether oxygens (including phenoxy) is 1. The second kappa shape index (κ2) is 6.68. The maximum absolute atomic E-state index is 12.1. The van der Waals surface area contributed by atoms with Crippen molar-refractivity contribution in [3.63, 3.8) is 0 Å². The topological polar surface area (TPSA) is 68.2 Å². The molecule has 1 aliphatic heterocycles. The smallest absolute Gasteiger partial charge is 0.242 e. The van der Waals surface area contributed by atoms with Crippen molar-refractivity contribution in [2.75, 3.05) is 33.4 Å². The van der Waals surface area contributed by atoms with Crippen molar-refractivity contribution < 1.29 is 9.53 Å². The van der Waals surface area contributed by atoms with Gasteiger partial charge in [-0.05, 0) is 19.9 Å². The Kier molecular flexibility index (Phi) is 4.93. The Morgan fingerprint density at radius 1 is 1.74 bits per heavy atom. The summed E-state index contributed by atoms with van der Waals surface area (Å²) in [4.78, 5) is 16.2. The normalized spacial score (nSPS) is 20.4. The van der Waals surface area contributed by atoms with Crippen LogP contribution in [0.5, 0.6) is 0 Å². The van der Waals surface area contributed by atoms with Gasteiger partial charge < -0.3 is 19.9 Å². The predicted molar refractivity (Wildman–Crippen MR) is 72.1 cm³/mol. The number of hydrogen-bond acceptors (Lipinski definition) is 4. The fourth-order valence-corrected chi connectivity index (χ4v) is 2.41. The Morgan fingerprint density at radius 3 is 3.26 bits per heavy atom. The molecular formula is C13H22N4O2. The van der Waals surface area contributed by atoms with Crippen LogP contribution in [-0.2, 0) is 9.53 Å². The molecule has 2 heterocycles. The summed E-state index contributed by atoms with van der Waals surface area (Å²) in [5.41, 5.74) is 1.14. The number of carbonyl (C=O) groups is 1. The molecule has 2 rings (SSSR count). The minimum absolute atomic E-state index is 0.00209. The van der Waals surface area contributed by atoms with E-state index >= 15 is 0 Å². The van der Waals surface area contributed by atoms with Crippen molar-refractivity contribution >= 4 is 5.91 Å². The number of nitrogens with one attached hydrogen (secondary N) is 2. The zero-order valence-corrected chi connectivity index (χ0v) is 11.6. The van der Waals surface area contributed by atoms with Crippen molar-refractivity contribution in [1.82, 2.24) is 20.2 Å². The first kappa shape index (κ1) is 14.0. The van der Waals surface area contributed by atoms with E-state index in [-0.39, 0.29) is 11.9 Å². The molecule has 0 aliphatic carbocycles. The minimum atomic E-state index is -0.241. The predicted octanol–water partition coefficient (Wildman–Crippen LogP) is 0.284. The van der Waals surface area contributed by atoms with Gasteiger partial charge in [-0.2, -0.15) is 0 Å². The number of amides is 1. The summed E-state index contributed by atoms with van der Waals surface area (Å²) in [6.07, 6.45) is 4.72. The lowest BCUT2D eigenvalue weighted by atomic mass is 10.1. The summed E-state index contributed by atoms with van der Waals surface area (Å²) in [5.74, 6) is 0.457. The van der Waals surface area contributed by atoms with E-state index in [4.69, 9.17) is 4.74 Å². The Bertz CT molecular complexity index is 413. The van der Waals surface area contributed by atoms with Crippen LogP contribution in [-0.4, -0.2) is 48.8 Å². The standard InChI is InChI=1S/C13H22N4O2/c1-10(13(18)16-5-6-19-2)17-9-15-8-12(17)11-3-4-14-7-11/h8-11,14H,3-7H2,1-2H3,(H,16,18). The fourth-order valence-electron chi connectivity index (χ4n) is 2.41. The number of nitrogens with zero attached hydrogens (tertiary/aromatic N) is 2. The second-order valence-electron chi connectivity index (χ2n) is 4.88. The largest absolute Gasteiger partial charge is 0.383 e. The summed E-state index contributed by atoms with van der Waals surface area (Å²) < 4.78 is 6.90. The number of hydrogen-bond donors (Lipinski definition) is 2. The van der Waals surface area contributed by atoms with Crippen molar-refractivity contribution in [3.8, 4) is 0 Å². The maximum Gasteiger partial charge on any atom is 0.242 e. The van der Waals surface area contributed by atoms with Crippen LogP contribution in [0, 0.1) is 0 Å². The zero-order chi connectivity index (χ0) is 13.7. The van der Waals surface area contributed by atoms with Gasteiger partial charge in [0.15, 0.2) is 0 Å². The number of rotatable bonds is 6. The van der Waals surface area contributed by atoms with E-state index in [0.717, 1.165) is 25.2 Å². The fraction of sp³-hybridized carbons (Fsp3) is 0.692. The zero-order valence-electron chi connectivity index (χ0n) is 11.6. The van der Waals surface area contributed by atoms with Gasteiger partial charge in [-0.3, -0.25) is 4.79 Å². The Hall–Kier alpha value is -1.40. The lowest BCUT2D eigenvalue weighted by Crippen LogP contribution is -2.33. The van der Waals surface area contributed by atoms with Gasteiger partial charge in [-0.15, -0.1) is 0 Å². The second-order valence-corrected chi connectivity index (χ2v) is 4.88. The molecule has 1 aromatic heterocycles. The van der Waals surface area contributed by atoms with Crippen molar-refractivity contribution in [2.45, 2.75) is 25.3 Å². The van der Waals surface area contributed by atoms with Gasteiger partial charge in [0, 0.05) is 38.0 Å². The molecule has 106 valence electrons. The Labute approximate surface area is 113 Å². The van der Waals surface area contributed by atoms with E-state index in [0.29, 0.717) is 19.1 Å². The van der Waals surface area contributed by atoms with Crippen molar-refractivity contribution in [1.29, 1.82) is 0 Å². The number of imidazole rings is 1. The first-order valence-electron chi connectivity index (χ1n) is 6.73. The average molecular weight is 266 g/mol. The summed E-state index contributed by atoms with van der Waals surface area (Å²) in [5, 5.41) is 6.20. The molecule has 1 aliphatic rings.